The largest absolute Gasteiger partial charge is 0.465 e. The predicted molar refractivity (Wildman–Crippen MR) is 100 cm³/mol. The molecule has 0 spiro atoms. The van der Waals surface area contributed by atoms with Crippen molar-refractivity contribution in [3.63, 3.8) is 0 Å². The monoisotopic (exact) mass is 373 g/mol. The fraction of sp³-hybridized carbons (Fsp3) is 0.381. The smallest absolute Gasteiger partial charge is 0.337 e. The van der Waals surface area contributed by atoms with Crippen LogP contribution < -0.4 is 0 Å². The second kappa shape index (κ2) is 7.27. The summed E-state index contributed by atoms with van der Waals surface area (Å²) in [4.78, 5) is 13.8. The number of fused-ring (bicyclic) bond motifs is 1. The molecule has 1 fully saturated rings. The number of nitrogens with one attached hydrogen (secondary N) is 1. The lowest BCUT2D eigenvalue weighted by atomic mass is 9.54. The van der Waals surface area contributed by atoms with Gasteiger partial charge >= 0.3 is 5.97 Å². The van der Waals surface area contributed by atoms with Crippen molar-refractivity contribution in [2.75, 3.05) is 27.2 Å². The summed E-state index contributed by atoms with van der Waals surface area (Å²) in [5.74, 6) is -2.21. The van der Waals surface area contributed by atoms with Crippen molar-refractivity contribution in [2.24, 2.45) is 17.3 Å². The summed E-state index contributed by atoms with van der Waals surface area (Å²) in [6, 6.07) is 12.8. The summed E-state index contributed by atoms with van der Waals surface area (Å²) < 4.78 is 4.72. The molecule has 140 valence electrons. The van der Waals surface area contributed by atoms with E-state index in [0.717, 1.165) is 5.57 Å². The van der Waals surface area contributed by atoms with E-state index >= 15 is 0 Å². The van der Waals surface area contributed by atoms with Crippen LogP contribution in [0.3, 0.4) is 0 Å². The molecule has 1 aliphatic carbocycles. The van der Waals surface area contributed by atoms with Crippen LogP contribution in [0.5, 0.6) is 0 Å². The molecule has 1 heterocycles. The van der Waals surface area contributed by atoms with Crippen LogP contribution in [0, 0.1) is 56.7 Å². The predicted octanol–water partition coefficient (Wildman–Crippen LogP) is 2.25. The summed E-state index contributed by atoms with van der Waals surface area (Å²) in [5.41, 5.74) is -0.0677. The van der Waals surface area contributed by atoms with Crippen LogP contribution in [0.4, 0.5) is 0 Å². The molecule has 7 nitrogen and oxygen atoms in total. The van der Waals surface area contributed by atoms with Gasteiger partial charge in [0.05, 0.1) is 36.6 Å². The van der Waals surface area contributed by atoms with Crippen molar-refractivity contribution < 1.29 is 9.53 Å². The van der Waals surface area contributed by atoms with Crippen molar-refractivity contribution in [1.82, 2.24) is 4.90 Å². The van der Waals surface area contributed by atoms with E-state index in [2.05, 4.69) is 23.1 Å². The van der Waals surface area contributed by atoms with E-state index in [0.29, 0.717) is 24.2 Å². The molecule has 28 heavy (non-hydrogen) atoms. The van der Waals surface area contributed by atoms with Crippen molar-refractivity contribution in [2.45, 2.75) is 5.92 Å². The number of benzene rings is 1. The van der Waals surface area contributed by atoms with Crippen molar-refractivity contribution in [3.05, 3.63) is 47.0 Å². The molecule has 1 N–H and O–H groups in total. The molecule has 2 aliphatic rings. The van der Waals surface area contributed by atoms with Gasteiger partial charge in [-0.25, -0.2) is 4.79 Å². The van der Waals surface area contributed by atoms with E-state index in [-0.39, 0.29) is 11.6 Å². The first kappa shape index (κ1) is 19.3. The molecule has 1 aromatic carbocycles. The minimum Gasteiger partial charge on any atom is -0.465 e. The number of hydrogen-bond donors (Lipinski definition) is 1. The number of carbonyl (C=O) groups excluding carboxylic acids is 1. The minimum absolute atomic E-state index is 0.172. The molecule has 1 unspecified atom stereocenters. The molecule has 3 atom stereocenters. The number of nitrogens with zero attached hydrogens (tertiary/aromatic N) is 4. The highest BCUT2D eigenvalue weighted by Crippen LogP contribution is 2.53. The quantitative estimate of drug-likeness (QED) is 0.626. The third-order valence-corrected chi connectivity index (χ3v) is 5.66. The number of methoxy groups -OCH3 is 1. The lowest BCUT2D eigenvalue weighted by molar-refractivity contribution is 0.0600. The maximum absolute atomic E-state index is 11.7. The van der Waals surface area contributed by atoms with Crippen LogP contribution in [0.15, 0.2) is 35.9 Å². The molecule has 1 aliphatic heterocycles. The van der Waals surface area contributed by atoms with E-state index < -0.39 is 23.2 Å². The van der Waals surface area contributed by atoms with Crippen LogP contribution in [0.25, 0.3) is 0 Å². The maximum atomic E-state index is 11.7. The highest BCUT2D eigenvalue weighted by molar-refractivity contribution is 6.01. The van der Waals surface area contributed by atoms with Gasteiger partial charge in [-0.2, -0.15) is 15.8 Å². The zero-order chi connectivity index (χ0) is 20.5. The van der Waals surface area contributed by atoms with Crippen LogP contribution in [0.1, 0.15) is 21.8 Å². The average Bonchev–Trinajstić information content (AvgIpc) is 2.73. The second-order valence-electron chi connectivity index (χ2n) is 7.13. The zero-order valence-corrected chi connectivity index (χ0v) is 15.6. The van der Waals surface area contributed by atoms with E-state index in [4.69, 9.17) is 10.1 Å². The number of ether oxygens (including phenoxy) is 1. The SMILES string of the molecule is COC(=O)c1ccc([C@@H]2[C@@H]3CN(C)CC=C3C(C#N)C(=N)C2(C#N)C#N)cc1. The molecule has 3 rings (SSSR count). The Kier molecular flexibility index (Phi) is 5.01. The summed E-state index contributed by atoms with van der Waals surface area (Å²) in [7, 11) is 3.23. The molecule has 0 bridgehead atoms. The molecule has 0 radical (unpaired) electrons. The molecule has 1 aromatic rings. The lowest BCUT2D eigenvalue weighted by Crippen LogP contribution is -2.52. The molecular formula is C21H19N5O2. The Morgan fingerprint density at radius 1 is 1.25 bits per heavy atom. The fourth-order valence-electron chi connectivity index (χ4n) is 4.27. The maximum Gasteiger partial charge on any atom is 0.337 e. The summed E-state index contributed by atoms with van der Waals surface area (Å²) in [6.45, 7) is 1.23. The van der Waals surface area contributed by atoms with Gasteiger partial charge in [0.2, 0.25) is 0 Å². The van der Waals surface area contributed by atoms with Crippen molar-refractivity contribution >= 4 is 11.7 Å². The van der Waals surface area contributed by atoms with Crippen LogP contribution in [0.2, 0.25) is 0 Å². The van der Waals surface area contributed by atoms with Gasteiger partial charge in [0, 0.05) is 24.9 Å². The van der Waals surface area contributed by atoms with Crippen LogP contribution in [-0.4, -0.2) is 43.8 Å². The Morgan fingerprint density at radius 2 is 1.89 bits per heavy atom. The van der Waals surface area contributed by atoms with Crippen LogP contribution >= 0.6 is 0 Å². The van der Waals surface area contributed by atoms with E-state index in [1.54, 1.807) is 24.3 Å². The Bertz CT molecular complexity index is 960. The summed E-state index contributed by atoms with van der Waals surface area (Å²) >= 11 is 0. The molecule has 7 heteroatoms. The Balaban J connectivity index is 2.19. The normalized spacial score (nSPS) is 26.0. The highest BCUT2D eigenvalue weighted by atomic mass is 16.5. The number of hydrogen-bond acceptors (Lipinski definition) is 7. The molecular weight excluding hydrogens is 354 g/mol. The third-order valence-electron chi connectivity index (χ3n) is 5.66. The van der Waals surface area contributed by atoms with E-state index in [1.165, 1.54) is 7.11 Å². The fourth-order valence-corrected chi connectivity index (χ4v) is 4.27. The van der Waals surface area contributed by atoms with Gasteiger partial charge in [-0.15, -0.1) is 0 Å². The molecule has 0 saturated heterocycles. The molecule has 0 amide bonds. The van der Waals surface area contributed by atoms with E-state index in [9.17, 15) is 20.6 Å². The standard InChI is InChI=1S/C21H19N5O2/c1-26-8-7-15-16(9-22)19(25)21(11-23,12-24)18(17(15)10-26)13-3-5-14(6-4-13)20(27)28-2/h3-7,16-18,25H,8,10H2,1-2H3/t16?,17-,18-/m1/s1. The first-order valence-corrected chi connectivity index (χ1v) is 8.81. The Hall–Kier alpha value is -3.47. The van der Waals surface area contributed by atoms with Gasteiger partial charge in [-0.05, 0) is 30.3 Å². The van der Waals surface area contributed by atoms with Gasteiger partial charge in [0.15, 0.2) is 5.41 Å². The van der Waals surface area contributed by atoms with Gasteiger partial charge in [0.1, 0.15) is 5.92 Å². The van der Waals surface area contributed by atoms with Crippen molar-refractivity contribution in [3.8, 4) is 18.2 Å². The topological polar surface area (TPSA) is 125 Å². The molecule has 1 saturated carbocycles. The minimum atomic E-state index is -1.74. The number of nitriles is 3. The third kappa shape index (κ3) is 2.76. The number of rotatable bonds is 2. The lowest BCUT2D eigenvalue weighted by Gasteiger charge is -2.47. The number of likely N-dealkylation sites (N-methyl/N-ethyl adjacent to an activating group) is 1. The van der Waals surface area contributed by atoms with Gasteiger partial charge < -0.3 is 15.0 Å². The van der Waals surface area contributed by atoms with Gasteiger partial charge in [-0.3, -0.25) is 0 Å². The zero-order valence-electron chi connectivity index (χ0n) is 15.6. The van der Waals surface area contributed by atoms with Gasteiger partial charge in [0.25, 0.3) is 0 Å². The molecule has 0 aromatic heterocycles. The number of esters is 1. The Morgan fingerprint density at radius 3 is 2.43 bits per heavy atom. The van der Waals surface area contributed by atoms with Crippen molar-refractivity contribution in [1.29, 1.82) is 21.2 Å². The first-order valence-electron chi connectivity index (χ1n) is 8.81. The number of carbonyl (C=O) groups is 1. The second-order valence-corrected chi connectivity index (χ2v) is 7.13. The van der Waals surface area contributed by atoms with Crippen LogP contribution in [-0.2, 0) is 4.74 Å². The Labute approximate surface area is 163 Å². The average molecular weight is 373 g/mol. The van der Waals surface area contributed by atoms with E-state index in [1.807, 2.05) is 13.1 Å². The summed E-state index contributed by atoms with van der Waals surface area (Å²) in [6.07, 6.45) is 1.94. The van der Waals surface area contributed by atoms with Gasteiger partial charge in [-0.1, -0.05) is 18.2 Å². The highest BCUT2D eigenvalue weighted by Gasteiger charge is 2.57. The summed E-state index contributed by atoms with van der Waals surface area (Å²) in [5, 5.41) is 38.1. The first-order chi connectivity index (χ1) is 13.4.